The Labute approximate surface area is 137 Å². The maximum Gasteiger partial charge on any atom is 0.129 e. The number of ether oxygens (including phenoxy) is 1. The Hall–Kier alpha value is -2.32. The highest BCUT2D eigenvalue weighted by atomic mass is 16.5. The van der Waals surface area contributed by atoms with Gasteiger partial charge in [0.1, 0.15) is 11.9 Å². The SMILES string of the molecule is Cc1ccccc1OC(c1ccc2ccccc2c1)C1CNC1. The lowest BCUT2D eigenvalue weighted by atomic mass is 9.89. The lowest BCUT2D eigenvalue weighted by Crippen LogP contribution is -2.46. The highest BCUT2D eigenvalue weighted by Crippen LogP contribution is 2.33. The number of para-hydroxylation sites is 1. The van der Waals surface area contributed by atoms with Crippen LogP contribution in [-0.4, -0.2) is 13.1 Å². The van der Waals surface area contributed by atoms with Crippen molar-refractivity contribution >= 4 is 10.8 Å². The fourth-order valence-electron chi connectivity index (χ4n) is 3.17. The molecule has 0 saturated carbocycles. The van der Waals surface area contributed by atoms with Crippen molar-refractivity contribution in [1.29, 1.82) is 0 Å². The number of hydrogen-bond acceptors (Lipinski definition) is 2. The highest BCUT2D eigenvalue weighted by molar-refractivity contribution is 5.83. The van der Waals surface area contributed by atoms with Crippen LogP contribution in [0.2, 0.25) is 0 Å². The van der Waals surface area contributed by atoms with Crippen LogP contribution in [0.4, 0.5) is 0 Å². The van der Waals surface area contributed by atoms with Crippen LogP contribution in [0.3, 0.4) is 0 Å². The Morgan fingerprint density at radius 1 is 0.913 bits per heavy atom. The van der Waals surface area contributed by atoms with Crippen molar-refractivity contribution in [2.75, 3.05) is 13.1 Å². The van der Waals surface area contributed by atoms with Crippen LogP contribution in [0, 0.1) is 12.8 Å². The molecule has 1 aliphatic rings. The second-order valence-electron chi connectivity index (χ2n) is 6.33. The molecule has 0 aliphatic carbocycles. The Kier molecular flexibility index (Phi) is 3.76. The summed E-state index contributed by atoms with van der Waals surface area (Å²) in [5.41, 5.74) is 2.45. The number of nitrogens with one attached hydrogen (secondary N) is 1. The smallest absolute Gasteiger partial charge is 0.129 e. The Morgan fingerprint density at radius 3 is 2.39 bits per heavy atom. The normalized spacial score (nSPS) is 16.0. The molecule has 0 aromatic heterocycles. The lowest BCUT2D eigenvalue weighted by Gasteiger charge is -2.35. The zero-order chi connectivity index (χ0) is 15.6. The van der Waals surface area contributed by atoms with E-state index in [2.05, 4.69) is 72.9 Å². The summed E-state index contributed by atoms with van der Waals surface area (Å²) in [7, 11) is 0. The largest absolute Gasteiger partial charge is 0.485 e. The molecule has 23 heavy (non-hydrogen) atoms. The van der Waals surface area contributed by atoms with E-state index in [4.69, 9.17) is 4.74 Å². The van der Waals surface area contributed by atoms with Crippen molar-refractivity contribution in [2.24, 2.45) is 5.92 Å². The molecule has 1 N–H and O–H groups in total. The molecule has 4 rings (SSSR count). The molecule has 1 heterocycles. The van der Waals surface area contributed by atoms with Crippen LogP contribution < -0.4 is 10.1 Å². The molecule has 0 radical (unpaired) electrons. The molecule has 1 fully saturated rings. The summed E-state index contributed by atoms with van der Waals surface area (Å²) in [6.45, 7) is 4.14. The first-order valence-electron chi connectivity index (χ1n) is 8.23. The summed E-state index contributed by atoms with van der Waals surface area (Å²) in [4.78, 5) is 0. The minimum absolute atomic E-state index is 0.0990. The van der Waals surface area contributed by atoms with Gasteiger partial charge in [-0.2, -0.15) is 0 Å². The van der Waals surface area contributed by atoms with Crippen LogP contribution in [0.1, 0.15) is 17.2 Å². The summed E-state index contributed by atoms with van der Waals surface area (Å²) < 4.78 is 6.44. The average Bonchev–Trinajstić information content (AvgIpc) is 2.54. The van der Waals surface area contributed by atoms with E-state index in [1.54, 1.807) is 0 Å². The molecule has 2 nitrogen and oxygen atoms in total. The Bertz CT molecular complexity index is 823. The minimum atomic E-state index is 0.0990. The third-order valence-corrected chi connectivity index (χ3v) is 4.69. The zero-order valence-corrected chi connectivity index (χ0v) is 13.3. The van der Waals surface area contributed by atoms with Gasteiger partial charge in [0, 0.05) is 19.0 Å². The second kappa shape index (κ2) is 6.05. The fraction of sp³-hybridized carbons (Fsp3) is 0.238. The molecule has 3 aromatic carbocycles. The van der Waals surface area contributed by atoms with Crippen molar-refractivity contribution in [3.05, 3.63) is 77.9 Å². The fourth-order valence-corrected chi connectivity index (χ4v) is 3.17. The quantitative estimate of drug-likeness (QED) is 0.767. The second-order valence-corrected chi connectivity index (χ2v) is 6.33. The Balaban J connectivity index is 1.71. The van der Waals surface area contributed by atoms with Gasteiger partial charge in [-0.1, -0.05) is 54.6 Å². The number of fused-ring (bicyclic) bond motifs is 1. The van der Waals surface area contributed by atoms with Gasteiger partial charge in [-0.05, 0) is 41.0 Å². The van der Waals surface area contributed by atoms with Gasteiger partial charge in [0.15, 0.2) is 0 Å². The number of aryl methyl sites for hydroxylation is 1. The monoisotopic (exact) mass is 303 g/mol. The van der Waals surface area contributed by atoms with Crippen molar-refractivity contribution < 1.29 is 4.74 Å². The molecule has 0 amide bonds. The van der Waals surface area contributed by atoms with Gasteiger partial charge in [0.25, 0.3) is 0 Å². The maximum absolute atomic E-state index is 6.44. The first kappa shape index (κ1) is 14.3. The molecule has 1 atom stereocenters. The van der Waals surface area contributed by atoms with E-state index in [-0.39, 0.29) is 6.10 Å². The van der Waals surface area contributed by atoms with Crippen LogP contribution in [0.15, 0.2) is 66.7 Å². The van der Waals surface area contributed by atoms with E-state index in [1.165, 1.54) is 21.9 Å². The van der Waals surface area contributed by atoms with E-state index in [0.29, 0.717) is 5.92 Å². The standard InChI is InChI=1S/C21H21NO/c1-15-6-2-5-9-20(15)23-21(19-13-22-14-19)18-11-10-16-7-3-4-8-17(16)12-18/h2-12,19,21-22H,13-14H2,1H3. The van der Waals surface area contributed by atoms with E-state index in [1.807, 2.05) is 6.07 Å². The predicted octanol–water partition coefficient (Wildman–Crippen LogP) is 4.49. The maximum atomic E-state index is 6.44. The summed E-state index contributed by atoms with van der Waals surface area (Å²) in [5, 5.41) is 5.92. The van der Waals surface area contributed by atoms with Crippen molar-refractivity contribution in [3.8, 4) is 5.75 Å². The van der Waals surface area contributed by atoms with Gasteiger partial charge >= 0.3 is 0 Å². The molecule has 3 aromatic rings. The van der Waals surface area contributed by atoms with E-state index in [9.17, 15) is 0 Å². The molecular formula is C21H21NO. The molecule has 1 aliphatic heterocycles. The zero-order valence-electron chi connectivity index (χ0n) is 13.3. The lowest BCUT2D eigenvalue weighted by molar-refractivity contribution is 0.0987. The third kappa shape index (κ3) is 2.82. The van der Waals surface area contributed by atoms with Crippen molar-refractivity contribution in [1.82, 2.24) is 5.32 Å². The number of rotatable bonds is 4. The van der Waals surface area contributed by atoms with Gasteiger partial charge in [-0.25, -0.2) is 0 Å². The molecule has 1 unspecified atom stereocenters. The number of benzene rings is 3. The molecule has 2 heteroatoms. The van der Waals surface area contributed by atoms with E-state index < -0.39 is 0 Å². The van der Waals surface area contributed by atoms with Crippen LogP contribution in [0.25, 0.3) is 10.8 Å². The molecule has 1 saturated heterocycles. The molecular weight excluding hydrogens is 282 g/mol. The predicted molar refractivity (Wildman–Crippen MR) is 94.9 cm³/mol. The van der Waals surface area contributed by atoms with Gasteiger partial charge in [-0.15, -0.1) is 0 Å². The van der Waals surface area contributed by atoms with E-state index >= 15 is 0 Å². The third-order valence-electron chi connectivity index (χ3n) is 4.69. The van der Waals surface area contributed by atoms with Gasteiger partial charge in [-0.3, -0.25) is 0 Å². The van der Waals surface area contributed by atoms with Crippen LogP contribution in [-0.2, 0) is 0 Å². The highest BCUT2D eigenvalue weighted by Gasteiger charge is 2.30. The topological polar surface area (TPSA) is 21.3 Å². The molecule has 0 bridgehead atoms. The Morgan fingerprint density at radius 2 is 1.65 bits per heavy atom. The molecule has 0 spiro atoms. The van der Waals surface area contributed by atoms with Crippen molar-refractivity contribution in [2.45, 2.75) is 13.0 Å². The first-order valence-corrected chi connectivity index (χ1v) is 8.23. The summed E-state index contributed by atoms with van der Waals surface area (Å²) >= 11 is 0. The van der Waals surface area contributed by atoms with Crippen molar-refractivity contribution in [3.63, 3.8) is 0 Å². The van der Waals surface area contributed by atoms with E-state index in [0.717, 1.165) is 18.8 Å². The van der Waals surface area contributed by atoms with Crippen LogP contribution >= 0.6 is 0 Å². The average molecular weight is 303 g/mol. The van der Waals surface area contributed by atoms with Gasteiger partial charge < -0.3 is 10.1 Å². The minimum Gasteiger partial charge on any atom is -0.485 e. The van der Waals surface area contributed by atoms with Gasteiger partial charge in [0.2, 0.25) is 0 Å². The summed E-state index contributed by atoms with van der Waals surface area (Å²) in [6.07, 6.45) is 0.0990. The number of hydrogen-bond donors (Lipinski definition) is 1. The van der Waals surface area contributed by atoms with Gasteiger partial charge in [0.05, 0.1) is 0 Å². The molecule has 116 valence electrons. The summed E-state index contributed by atoms with van der Waals surface area (Å²) in [6, 6.07) is 23.4. The summed E-state index contributed by atoms with van der Waals surface area (Å²) in [5.74, 6) is 1.51. The first-order chi connectivity index (χ1) is 11.3. The van der Waals surface area contributed by atoms with Crippen LogP contribution in [0.5, 0.6) is 5.75 Å².